The topological polar surface area (TPSA) is 171 Å². The molecule has 2 aromatic carbocycles. The van der Waals surface area contributed by atoms with Crippen LogP contribution in [0, 0.1) is 23.5 Å². The number of aliphatic hydroxyl groups excluding tert-OH is 2. The van der Waals surface area contributed by atoms with Gasteiger partial charge in [-0.2, -0.15) is 0 Å². The van der Waals surface area contributed by atoms with Gasteiger partial charge in [-0.1, -0.05) is 19.1 Å². The molecule has 0 bridgehead atoms. The Hall–Kier alpha value is -3.25. The number of hydrogen-bond acceptors (Lipinski definition) is 8. The van der Waals surface area contributed by atoms with E-state index in [1.807, 2.05) is 31.2 Å². The fourth-order valence-corrected chi connectivity index (χ4v) is 3.98. The van der Waals surface area contributed by atoms with E-state index in [9.17, 15) is 13.6 Å². The predicted octanol–water partition coefficient (Wildman–Crippen LogP) is 3.14. The Morgan fingerprint density at radius 1 is 1.13 bits per heavy atom. The van der Waals surface area contributed by atoms with Gasteiger partial charge < -0.3 is 37.5 Å². The summed E-state index contributed by atoms with van der Waals surface area (Å²) in [5.74, 6) is -1.27. The fraction of sp³-hybridized carbons (Fsp3) is 0.444. The highest BCUT2D eigenvalue weighted by Gasteiger charge is 2.23. The standard InChI is InChI=1S/C22H26F2N2O2.C4H10N2O.CH5NO/c1-14(22(25)28)10-15-6-8-26(9-7-15)18-4-2-16(3-5-18)17-11-20(23)19(13-27)21(24)12-17;1-3(6)4(7)2-5;1-2-3/h2-5,11-12,14-15,27H,6-10,13H2,1H3,(H2,25,28);2-3,7H,5-6H2,1H3;2-3H,1H3/b;4-2-;. The molecular weight excluding hydrogens is 496 g/mol. The minimum absolute atomic E-state index is 0.0278. The van der Waals surface area contributed by atoms with Crippen LogP contribution in [0.1, 0.15) is 38.7 Å². The number of amides is 1. The highest BCUT2D eigenvalue weighted by molar-refractivity contribution is 5.76. The molecule has 38 heavy (non-hydrogen) atoms. The van der Waals surface area contributed by atoms with Crippen molar-refractivity contribution in [2.24, 2.45) is 29.0 Å². The molecule has 212 valence electrons. The summed E-state index contributed by atoms with van der Waals surface area (Å²) in [6, 6.07) is 9.76. The maximum atomic E-state index is 13.9. The van der Waals surface area contributed by atoms with Crippen molar-refractivity contribution >= 4 is 11.6 Å². The number of anilines is 1. The van der Waals surface area contributed by atoms with Gasteiger partial charge in [0.1, 0.15) is 17.4 Å². The number of piperidine rings is 1. The molecule has 2 aromatic rings. The van der Waals surface area contributed by atoms with Gasteiger partial charge in [-0.25, -0.2) is 14.3 Å². The Balaban J connectivity index is 0.000000618. The number of hydroxylamine groups is 1. The zero-order chi connectivity index (χ0) is 28.8. The molecule has 9 nitrogen and oxygen atoms in total. The zero-order valence-electron chi connectivity index (χ0n) is 22.2. The van der Waals surface area contributed by atoms with E-state index in [4.69, 9.17) is 32.6 Å². The lowest BCUT2D eigenvalue weighted by molar-refractivity contribution is -0.121. The normalized spacial score (nSPS) is 15.5. The molecule has 1 amide bonds. The van der Waals surface area contributed by atoms with E-state index in [0.717, 1.165) is 49.8 Å². The van der Waals surface area contributed by atoms with Gasteiger partial charge in [0.25, 0.3) is 0 Å². The number of nitrogens with one attached hydrogen (secondary N) is 1. The van der Waals surface area contributed by atoms with Gasteiger partial charge in [-0.05, 0) is 67.5 Å². The number of hydrogen-bond donors (Lipinski definition) is 7. The molecule has 1 aliphatic rings. The van der Waals surface area contributed by atoms with E-state index in [-0.39, 0.29) is 29.2 Å². The van der Waals surface area contributed by atoms with E-state index in [1.54, 1.807) is 12.4 Å². The minimum atomic E-state index is -0.742. The van der Waals surface area contributed by atoms with Gasteiger partial charge in [0.05, 0.1) is 12.6 Å². The van der Waals surface area contributed by atoms with Crippen molar-refractivity contribution < 1.29 is 29.0 Å². The van der Waals surface area contributed by atoms with Gasteiger partial charge in [-0.15, -0.1) is 0 Å². The molecule has 0 radical (unpaired) electrons. The van der Waals surface area contributed by atoms with Gasteiger partial charge in [-0.3, -0.25) is 4.79 Å². The molecule has 1 heterocycles. The summed E-state index contributed by atoms with van der Waals surface area (Å²) in [7, 11) is 1.43. The van der Waals surface area contributed by atoms with Crippen LogP contribution in [0.2, 0.25) is 0 Å². The van der Waals surface area contributed by atoms with Crippen molar-refractivity contribution in [2.75, 3.05) is 25.0 Å². The molecule has 11 heteroatoms. The molecule has 10 N–H and O–H groups in total. The van der Waals surface area contributed by atoms with Gasteiger partial charge >= 0.3 is 0 Å². The highest BCUT2D eigenvalue weighted by Crippen LogP contribution is 2.30. The van der Waals surface area contributed by atoms with Crippen molar-refractivity contribution in [1.29, 1.82) is 0 Å². The maximum absolute atomic E-state index is 13.9. The van der Waals surface area contributed by atoms with Crippen molar-refractivity contribution in [1.82, 2.24) is 5.48 Å². The molecule has 3 rings (SSSR count). The summed E-state index contributed by atoms with van der Waals surface area (Å²) in [4.78, 5) is 13.5. The first-order chi connectivity index (χ1) is 18.0. The molecule has 0 spiro atoms. The van der Waals surface area contributed by atoms with Gasteiger partial charge in [0.2, 0.25) is 5.91 Å². The smallest absolute Gasteiger partial charge is 0.220 e. The lowest BCUT2D eigenvalue weighted by atomic mass is 9.87. The lowest BCUT2D eigenvalue weighted by Crippen LogP contribution is -2.35. The number of carbonyl (C=O) groups excluding carboxylic acids is 1. The van der Waals surface area contributed by atoms with Crippen molar-refractivity contribution in [2.45, 2.75) is 45.8 Å². The van der Waals surface area contributed by atoms with Crippen LogP contribution in [0.4, 0.5) is 14.5 Å². The van der Waals surface area contributed by atoms with Gasteiger partial charge in [0, 0.05) is 43.5 Å². The molecular formula is C27H41F2N5O4. The quantitative estimate of drug-likeness (QED) is 0.209. The van der Waals surface area contributed by atoms with Crippen LogP contribution >= 0.6 is 0 Å². The number of nitrogens with zero attached hydrogens (tertiary/aromatic N) is 1. The molecule has 2 unspecified atom stereocenters. The summed E-state index contributed by atoms with van der Waals surface area (Å²) < 4.78 is 27.8. The third-order valence-electron chi connectivity index (χ3n) is 6.29. The van der Waals surface area contributed by atoms with Crippen molar-refractivity contribution in [3.63, 3.8) is 0 Å². The van der Waals surface area contributed by atoms with Crippen LogP contribution in [-0.4, -0.2) is 47.5 Å². The maximum Gasteiger partial charge on any atom is 0.220 e. The average molecular weight is 538 g/mol. The molecule has 0 aromatic heterocycles. The van der Waals surface area contributed by atoms with Crippen LogP contribution in [0.25, 0.3) is 11.1 Å². The van der Waals surface area contributed by atoms with Crippen LogP contribution < -0.4 is 27.6 Å². The zero-order valence-corrected chi connectivity index (χ0v) is 22.2. The molecule has 1 fully saturated rings. The SMILES string of the molecule is CC(CC1CCN(c2ccc(-c3cc(F)c(CO)c(F)c3)cc2)CC1)C(N)=O.CC(N)/C(O)=C/N.CNO. The predicted molar refractivity (Wildman–Crippen MR) is 145 cm³/mol. The Morgan fingerprint density at radius 3 is 2.00 bits per heavy atom. The molecule has 2 atom stereocenters. The number of halogens is 2. The number of nitrogens with two attached hydrogens (primary N) is 3. The Morgan fingerprint density at radius 2 is 1.63 bits per heavy atom. The van der Waals surface area contributed by atoms with Crippen LogP contribution in [0.15, 0.2) is 48.4 Å². The summed E-state index contributed by atoms with van der Waals surface area (Å²) in [6.07, 6.45) is 3.95. The molecule has 1 aliphatic heterocycles. The van der Waals surface area contributed by atoms with Gasteiger partial charge in [0.15, 0.2) is 0 Å². The largest absolute Gasteiger partial charge is 0.509 e. The minimum Gasteiger partial charge on any atom is -0.509 e. The number of carbonyl (C=O) groups is 1. The number of benzene rings is 2. The third-order valence-corrected chi connectivity index (χ3v) is 6.29. The summed E-state index contributed by atoms with van der Waals surface area (Å²) in [5, 5.41) is 24.9. The van der Waals surface area contributed by atoms with E-state index >= 15 is 0 Å². The first-order valence-corrected chi connectivity index (χ1v) is 12.4. The molecule has 0 aliphatic carbocycles. The number of rotatable bonds is 7. The monoisotopic (exact) mass is 537 g/mol. The lowest BCUT2D eigenvalue weighted by Gasteiger charge is -2.34. The summed E-state index contributed by atoms with van der Waals surface area (Å²) in [6.45, 7) is 4.68. The van der Waals surface area contributed by atoms with E-state index in [0.29, 0.717) is 11.5 Å². The Kier molecular flexibility index (Phi) is 14.3. The Bertz CT molecular complexity index is 1000. The average Bonchev–Trinajstić information content (AvgIpc) is 2.89. The summed E-state index contributed by atoms with van der Waals surface area (Å²) in [5.41, 5.74) is 19.1. The van der Waals surface area contributed by atoms with Crippen molar-refractivity contribution in [3.05, 3.63) is 65.6 Å². The van der Waals surface area contributed by atoms with E-state index < -0.39 is 18.2 Å². The van der Waals surface area contributed by atoms with E-state index in [1.165, 1.54) is 19.2 Å². The second-order valence-electron chi connectivity index (χ2n) is 9.20. The van der Waals surface area contributed by atoms with Crippen LogP contribution in [0.3, 0.4) is 0 Å². The number of primary amides is 1. The van der Waals surface area contributed by atoms with E-state index in [2.05, 4.69) is 4.90 Å². The second kappa shape index (κ2) is 16.6. The first-order valence-electron chi connectivity index (χ1n) is 12.4. The third kappa shape index (κ3) is 10.3. The first kappa shape index (κ1) is 32.8. The van der Waals surface area contributed by atoms with Crippen LogP contribution in [-0.2, 0) is 11.4 Å². The number of aliphatic hydroxyl groups is 2. The Labute approximate surface area is 222 Å². The molecule has 0 saturated carbocycles. The molecule has 1 saturated heterocycles. The van der Waals surface area contributed by atoms with Crippen LogP contribution in [0.5, 0.6) is 0 Å². The second-order valence-corrected chi connectivity index (χ2v) is 9.20. The fourth-order valence-electron chi connectivity index (χ4n) is 3.98. The van der Waals surface area contributed by atoms with Crippen molar-refractivity contribution in [3.8, 4) is 11.1 Å². The summed E-state index contributed by atoms with van der Waals surface area (Å²) >= 11 is 0. The highest BCUT2D eigenvalue weighted by atomic mass is 19.1.